The van der Waals surface area contributed by atoms with Crippen LogP contribution in [0.1, 0.15) is 11.5 Å². The highest BCUT2D eigenvalue weighted by molar-refractivity contribution is 9.10. The first kappa shape index (κ1) is 16.5. The highest BCUT2D eigenvalue weighted by atomic mass is 79.9. The summed E-state index contributed by atoms with van der Waals surface area (Å²) < 4.78 is 7.69. The van der Waals surface area contributed by atoms with Gasteiger partial charge in [-0.2, -0.15) is 5.10 Å². The minimum atomic E-state index is -0.617. The number of rotatable bonds is 2. The molecule has 0 atom stereocenters. The summed E-state index contributed by atoms with van der Waals surface area (Å²) in [4.78, 5) is 16.7. The van der Waals surface area contributed by atoms with Crippen molar-refractivity contribution in [3.8, 4) is 28.1 Å². The Hall–Kier alpha value is -2.93. The van der Waals surface area contributed by atoms with Crippen LogP contribution in [0.25, 0.3) is 28.0 Å². The Morgan fingerprint density at radius 1 is 1.12 bits per heavy atom. The molecule has 3 heterocycles. The molecule has 7 heteroatoms. The van der Waals surface area contributed by atoms with Gasteiger partial charge >= 0.3 is 5.63 Å². The molecule has 6 nitrogen and oxygen atoms in total. The van der Waals surface area contributed by atoms with Crippen molar-refractivity contribution in [2.75, 3.05) is 0 Å². The zero-order valence-corrected chi connectivity index (χ0v) is 15.6. The highest BCUT2D eigenvalue weighted by Crippen LogP contribution is 2.32. The van der Waals surface area contributed by atoms with E-state index in [1.165, 1.54) is 6.07 Å². The van der Waals surface area contributed by atoms with Crippen molar-refractivity contribution in [1.82, 2.24) is 14.6 Å². The number of aryl methyl sites for hydroxylation is 2. The molecule has 0 saturated heterocycles. The van der Waals surface area contributed by atoms with Crippen LogP contribution < -0.4 is 5.63 Å². The molecule has 0 bridgehead atoms. The summed E-state index contributed by atoms with van der Waals surface area (Å²) in [5, 5.41) is 14.8. The maximum atomic E-state index is 12.3. The van der Waals surface area contributed by atoms with E-state index in [1.54, 1.807) is 23.7 Å². The summed E-state index contributed by atoms with van der Waals surface area (Å²) in [5.41, 5.74) is 3.07. The fraction of sp³-hybridized carbons (Fsp3) is 0.105. The van der Waals surface area contributed by atoms with E-state index >= 15 is 0 Å². The smallest absolute Gasteiger partial charge is 0.349 e. The highest BCUT2D eigenvalue weighted by Gasteiger charge is 2.20. The van der Waals surface area contributed by atoms with Crippen molar-refractivity contribution in [2.45, 2.75) is 13.8 Å². The number of aromatic hydroxyl groups is 1. The number of hydrogen-bond acceptors (Lipinski definition) is 5. The van der Waals surface area contributed by atoms with Gasteiger partial charge in [-0.05, 0) is 37.6 Å². The standard InChI is InChI=1S/C19H14BrN3O3/c1-10-9-15(24)17(19(25)26-10)14-7-8-21-18-16(11(2)22-23(14)18)12-3-5-13(20)6-4-12/h3-9,24H,1-2H3. The molecule has 0 amide bonds. The van der Waals surface area contributed by atoms with Crippen molar-refractivity contribution in [2.24, 2.45) is 0 Å². The lowest BCUT2D eigenvalue weighted by atomic mass is 10.1. The number of nitrogens with zero attached hydrogens (tertiary/aromatic N) is 3. The van der Waals surface area contributed by atoms with Gasteiger partial charge in [0.05, 0.1) is 11.4 Å². The van der Waals surface area contributed by atoms with E-state index in [1.807, 2.05) is 31.2 Å². The van der Waals surface area contributed by atoms with E-state index in [0.29, 0.717) is 17.1 Å². The van der Waals surface area contributed by atoms with Crippen LogP contribution in [-0.4, -0.2) is 19.7 Å². The lowest BCUT2D eigenvalue weighted by Gasteiger charge is -2.06. The van der Waals surface area contributed by atoms with E-state index in [2.05, 4.69) is 26.0 Å². The second-order valence-electron chi connectivity index (χ2n) is 5.94. The van der Waals surface area contributed by atoms with Crippen LogP contribution in [-0.2, 0) is 0 Å². The molecule has 0 fully saturated rings. The number of fused-ring (bicyclic) bond motifs is 1. The molecule has 1 N–H and O–H groups in total. The monoisotopic (exact) mass is 411 g/mol. The SMILES string of the molecule is Cc1cc(O)c(-c2ccnc3c(-c4ccc(Br)cc4)c(C)nn23)c(=O)o1. The quantitative estimate of drug-likeness (QED) is 0.536. The number of benzene rings is 1. The zero-order chi connectivity index (χ0) is 18.4. The van der Waals surface area contributed by atoms with Crippen LogP contribution in [0.2, 0.25) is 0 Å². The van der Waals surface area contributed by atoms with Crippen molar-refractivity contribution in [1.29, 1.82) is 0 Å². The third-order valence-electron chi connectivity index (χ3n) is 4.14. The molecular weight excluding hydrogens is 398 g/mol. The fourth-order valence-electron chi connectivity index (χ4n) is 3.03. The van der Waals surface area contributed by atoms with Gasteiger partial charge in [-0.15, -0.1) is 0 Å². The van der Waals surface area contributed by atoms with E-state index in [9.17, 15) is 9.90 Å². The maximum Gasteiger partial charge on any atom is 0.349 e. The van der Waals surface area contributed by atoms with E-state index in [-0.39, 0.29) is 11.3 Å². The Kier molecular flexibility index (Phi) is 3.88. The summed E-state index contributed by atoms with van der Waals surface area (Å²) in [6.45, 7) is 3.49. The molecule has 3 aromatic heterocycles. The molecule has 0 aliphatic carbocycles. The molecule has 1 aromatic carbocycles. The predicted octanol–water partition coefficient (Wildman–Crippen LogP) is 4.10. The average molecular weight is 412 g/mol. The first-order valence-electron chi connectivity index (χ1n) is 7.90. The van der Waals surface area contributed by atoms with Gasteiger partial charge in [-0.3, -0.25) is 0 Å². The fourth-order valence-corrected chi connectivity index (χ4v) is 3.29. The van der Waals surface area contributed by atoms with Crippen LogP contribution in [0, 0.1) is 13.8 Å². The summed E-state index contributed by atoms with van der Waals surface area (Å²) in [5.74, 6) is 0.193. The second kappa shape index (κ2) is 6.10. The van der Waals surface area contributed by atoms with Gasteiger partial charge < -0.3 is 9.52 Å². The van der Waals surface area contributed by atoms with Crippen LogP contribution in [0.5, 0.6) is 5.75 Å². The summed E-state index contributed by atoms with van der Waals surface area (Å²) >= 11 is 3.43. The van der Waals surface area contributed by atoms with Gasteiger partial charge in [0.25, 0.3) is 0 Å². The van der Waals surface area contributed by atoms with Crippen molar-refractivity contribution >= 4 is 21.6 Å². The number of hydrogen-bond donors (Lipinski definition) is 1. The van der Waals surface area contributed by atoms with Crippen molar-refractivity contribution in [3.05, 3.63) is 68.9 Å². The Bertz CT molecular complexity index is 1190. The molecule has 0 spiro atoms. The van der Waals surface area contributed by atoms with Crippen LogP contribution in [0.15, 0.2) is 56.3 Å². The lowest BCUT2D eigenvalue weighted by Crippen LogP contribution is -2.08. The summed E-state index contributed by atoms with van der Waals surface area (Å²) in [6.07, 6.45) is 1.59. The van der Waals surface area contributed by atoms with E-state index < -0.39 is 5.63 Å². The molecule has 0 radical (unpaired) electrons. The van der Waals surface area contributed by atoms with Gasteiger partial charge in [-0.25, -0.2) is 14.3 Å². The van der Waals surface area contributed by atoms with Gasteiger partial charge in [0.2, 0.25) is 0 Å². The van der Waals surface area contributed by atoms with Crippen LogP contribution in [0.4, 0.5) is 0 Å². The lowest BCUT2D eigenvalue weighted by molar-refractivity contribution is 0.437. The third-order valence-corrected chi connectivity index (χ3v) is 4.67. The molecule has 0 saturated carbocycles. The Morgan fingerprint density at radius 3 is 2.54 bits per heavy atom. The zero-order valence-electron chi connectivity index (χ0n) is 14.0. The molecule has 4 aromatic rings. The normalized spacial score (nSPS) is 11.2. The first-order valence-corrected chi connectivity index (χ1v) is 8.69. The summed E-state index contributed by atoms with van der Waals surface area (Å²) in [7, 11) is 0. The summed E-state index contributed by atoms with van der Waals surface area (Å²) in [6, 6.07) is 10.9. The van der Waals surface area contributed by atoms with Gasteiger partial charge in [0, 0.05) is 22.3 Å². The Balaban J connectivity index is 2.02. The maximum absolute atomic E-state index is 12.3. The minimum absolute atomic E-state index is 0.0628. The van der Waals surface area contributed by atoms with Gasteiger partial charge in [0.15, 0.2) is 5.65 Å². The molecule has 130 valence electrons. The van der Waals surface area contributed by atoms with Crippen molar-refractivity contribution in [3.63, 3.8) is 0 Å². The topological polar surface area (TPSA) is 80.6 Å². The molecule has 0 unspecified atom stereocenters. The van der Waals surface area contributed by atoms with Gasteiger partial charge in [-0.1, -0.05) is 28.1 Å². The average Bonchev–Trinajstić information content (AvgIpc) is 2.91. The van der Waals surface area contributed by atoms with Crippen LogP contribution >= 0.6 is 15.9 Å². The molecule has 0 aliphatic heterocycles. The molecule has 4 rings (SSSR count). The van der Waals surface area contributed by atoms with E-state index in [4.69, 9.17) is 4.42 Å². The Morgan fingerprint density at radius 2 is 1.85 bits per heavy atom. The number of halogens is 1. The molecular formula is C19H14BrN3O3. The molecule has 0 aliphatic rings. The van der Waals surface area contributed by atoms with E-state index in [0.717, 1.165) is 21.3 Å². The minimum Gasteiger partial charge on any atom is -0.507 e. The van der Waals surface area contributed by atoms with Crippen LogP contribution in [0.3, 0.4) is 0 Å². The van der Waals surface area contributed by atoms with Gasteiger partial charge in [0.1, 0.15) is 17.1 Å². The first-order chi connectivity index (χ1) is 12.5. The molecule has 26 heavy (non-hydrogen) atoms. The Labute approximate surface area is 156 Å². The third kappa shape index (κ3) is 2.61. The predicted molar refractivity (Wildman–Crippen MR) is 101 cm³/mol. The second-order valence-corrected chi connectivity index (χ2v) is 6.85. The largest absolute Gasteiger partial charge is 0.507 e. The number of aromatic nitrogens is 3. The van der Waals surface area contributed by atoms with Crippen molar-refractivity contribution < 1.29 is 9.52 Å².